The number of nitro groups is 1. The number of nitrogens with zero attached hydrogens (tertiary/aromatic N) is 1. The average molecular weight is 229 g/mol. The van der Waals surface area contributed by atoms with Gasteiger partial charge in [0, 0.05) is 24.1 Å². The molecule has 1 aromatic rings. The molecule has 1 fully saturated rings. The van der Waals surface area contributed by atoms with Crippen molar-refractivity contribution in [1.29, 1.82) is 0 Å². The van der Waals surface area contributed by atoms with Gasteiger partial charge in [-0.25, -0.2) is 0 Å². The Morgan fingerprint density at radius 2 is 1.87 bits per heavy atom. The van der Waals surface area contributed by atoms with Crippen molar-refractivity contribution < 1.29 is 4.92 Å². The molecule has 1 aliphatic carbocycles. The van der Waals surface area contributed by atoms with E-state index in [0.717, 1.165) is 18.4 Å². The highest BCUT2D eigenvalue weighted by molar-refractivity contribution is 5.85. The van der Waals surface area contributed by atoms with Gasteiger partial charge in [-0.3, -0.25) is 10.1 Å². The molecule has 1 aromatic carbocycles. The maximum Gasteiger partial charge on any atom is 0.269 e. The minimum atomic E-state index is -0.383. The molecular formula is C10H13ClN2O2. The molecular weight excluding hydrogens is 216 g/mol. The summed E-state index contributed by atoms with van der Waals surface area (Å²) >= 11 is 0. The van der Waals surface area contributed by atoms with Gasteiger partial charge in [0.25, 0.3) is 5.69 Å². The van der Waals surface area contributed by atoms with Gasteiger partial charge in [0.15, 0.2) is 0 Å². The van der Waals surface area contributed by atoms with Crippen LogP contribution in [0.2, 0.25) is 0 Å². The molecule has 0 atom stereocenters. The molecule has 0 heterocycles. The first-order chi connectivity index (χ1) is 6.68. The zero-order valence-electron chi connectivity index (χ0n) is 8.18. The lowest BCUT2D eigenvalue weighted by Crippen LogP contribution is -2.19. The van der Waals surface area contributed by atoms with Crippen LogP contribution < -0.4 is 5.73 Å². The zero-order chi connectivity index (χ0) is 10.2. The molecule has 0 bridgehead atoms. The molecule has 15 heavy (non-hydrogen) atoms. The van der Waals surface area contributed by atoms with Crippen molar-refractivity contribution in [3.8, 4) is 0 Å². The molecule has 0 amide bonds. The summed E-state index contributed by atoms with van der Waals surface area (Å²) in [5, 5.41) is 10.4. The van der Waals surface area contributed by atoms with Gasteiger partial charge in [0.05, 0.1) is 4.92 Å². The monoisotopic (exact) mass is 228 g/mol. The van der Waals surface area contributed by atoms with Gasteiger partial charge < -0.3 is 5.73 Å². The minimum absolute atomic E-state index is 0. The van der Waals surface area contributed by atoms with E-state index in [1.54, 1.807) is 12.1 Å². The van der Waals surface area contributed by atoms with Crippen molar-refractivity contribution in [2.45, 2.75) is 18.3 Å². The normalized spacial score (nSPS) is 16.6. The fraction of sp³-hybridized carbons (Fsp3) is 0.400. The Labute approximate surface area is 94.0 Å². The lowest BCUT2D eigenvalue weighted by atomic mass is 9.96. The largest absolute Gasteiger partial charge is 0.330 e. The molecule has 0 aromatic heterocycles. The fourth-order valence-electron chi connectivity index (χ4n) is 1.70. The molecule has 1 saturated carbocycles. The summed E-state index contributed by atoms with van der Waals surface area (Å²) in [5.41, 5.74) is 7.06. The van der Waals surface area contributed by atoms with Crippen LogP contribution in [0.1, 0.15) is 18.4 Å². The summed E-state index contributed by atoms with van der Waals surface area (Å²) in [7, 11) is 0. The summed E-state index contributed by atoms with van der Waals surface area (Å²) < 4.78 is 0. The van der Waals surface area contributed by atoms with E-state index in [9.17, 15) is 10.1 Å². The first-order valence-corrected chi connectivity index (χ1v) is 4.63. The van der Waals surface area contributed by atoms with Gasteiger partial charge in [0.2, 0.25) is 0 Å². The maximum atomic E-state index is 10.4. The molecule has 0 saturated heterocycles. The van der Waals surface area contributed by atoms with Gasteiger partial charge >= 0.3 is 0 Å². The van der Waals surface area contributed by atoms with Crippen molar-refractivity contribution in [1.82, 2.24) is 0 Å². The summed E-state index contributed by atoms with van der Waals surface area (Å²) in [6, 6.07) is 6.73. The summed E-state index contributed by atoms with van der Waals surface area (Å²) in [4.78, 5) is 10.0. The summed E-state index contributed by atoms with van der Waals surface area (Å²) in [5.74, 6) is 0. The van der Waals surface area contributed by atoms with Crippen LogP contribution in [-0.4, -0.2) is 11.5 Å². The number of halogens is 1. The molecule has 2 N–H and O–H groups in total. The Kier molecular flexibility index (Phi) is 3.31. The lowest BCUT2D eigenvalue weighted by molar-refractivity contribution is -0.384. The second kappa shape index (κ2) is 4.16. The molecule has 82 valence electrons. The number of nitro benzene ring substituents is 1. The van der Waals surface area contributed by atoms with Gasteiger partial charge in [0.1, 0.15) is 0 Å². The van der Waals surface area contributed by atoms with Crippen LogP contribution >= 0.6 is 12.4 Å². The second-order valence-electron chi connectivity index (χ2n) is 3.79. The van der Waals surface area contributed by atoms with Crippen LogP contribution in [0.4, 0.5) is 5.69 Å². The highest BCUT2D eigenvalue weighted by atomic mass is 35.5. The van der Waals surface area contributed by atoms with E-state index in [2.05, 4.69) is 0 Å². The topological polar surface area (TPSA) is 69.2 Å². The molecule has 5 heteroatoms. The van der Waals surface area contributed by atoms with Gasteiger partial charge in [-0.2, -0.15) is 0 Å². The van der Waals surface area contributed by atoms with Crippen molar-refractivity contribution in [3.63, 3.8) is 0 Å². The predicted molar refractivity (Wildman–Crippen MR) is 60.3 cm³/mol. The van der Waals surface area contributed by atoms with E-state index in [1.807, 2.05) is 12.1 Å². The first-order valence-electron chi connectivity index (χ1n) is 4.63. The standard InChI is InChI=1S/C10H12N2O2.ClH/c11-7-10(5-6-10)8-1-3-9(4-2-8)12(13)14;/h1-4H,5-7,11H2;1H. The fourth-order valence-corrected chi connectivity index (χ4v) is 1.70. The maximum absolute atomic E-state index is 10.4. The summed E-state index contributed by atoms with van der Waals surface area (Å²) in [6.07, 6.45) is 2.20. The third kappa shape index (κ3) is 2.11. The molecule has 0 aliphatic heterocycles. The second-order valence-corrected chi connectivity index (χ2v) is 3.79. The smallest absolute Gasteiger partial charge is 0.269 e. The van der Waals surface area contributed by atoms with Crippen molar-refractivity contribution in [2.24, 2.45) is 5.73 Å². The molecule has 0 radical (unpaired) electrons. The minimum Gasteiger partial charge on any atom is -0.330 e. The number of nitrogens with two attached hydrogens (primary N) is 1. The highest BCUT2D eigenvalue weighted by Gasteiger charge is 2.42. The number of hydrogen-bond donors (Lipinski definition) is 1. The molecule has 0 spiro atoms. The van der Waals surface area contributed by atoms with E-state index in [1.165, 1.54) is 0 Å². The number of non-ortho nitro benzene ring substituents is 1. The molecule has 1 aliphatic rings. The van der Waals surface area contributed by atoms with E-state index < -0.39 is 0 Å². The van der Waals surface area contributed by atoms with Gasteiger partial charge in [-0.1, -0.05) is 12.1 Å². The van der Waals surface area contributed by atoms with Gasteiger partial charge in [-0.05, 0) is 18.4 Å². The Morgan fingerprint density at radius 3 is 2.20 bits per heavy atom. The average Bonchev–Trinajstić information content (AvgIpc) is 2.99. The highest BCUT2D eigenvalue weighted by Crippen LogP contribution is 2.47. The van der Waals surface area contributed by atoms with Crippen LogP contribution in [0.25, 0.3) is 0 Å². The Balaban J connectivity index is 0.00000112. The van der Waals surface area contributed by atoms with Crippen molar-refractivity contribution in [2.75, 3.05) is 6.54 Å². The number of hydrogen-bond acceptors (Lipinski definition) is 3. The molecule has 2 rings (SSSR count). The van der Waals surface area contributed by atoms with E-state index in [0.29, 0.717) is 6.54 Å². The predicted octanol–water partition coefficient (Wildman–Crippen LogP) is 2.01. The third-order valence-corrected chi connectivity index (χ3v) is 2.93. The Morgan fingerprint density at radius 1 is 1.33 bits per heavy atom. The Hall–Kier alpha value is -1.13. The van der Waals surface area contributed by atoms with Crippen LogP contribution in [0.5, 0.6) is 0 Å². The molecule has 4 nitrogen and oxygen atoms in total. The van der Waals surface area contributed by atoms with Crippen LogP contribution in [0.3, 0.4) is 0 Å². The zero-order valence-corrected chi connectivity index (χ0v) is 9.00. The lowest BCUT2D eigenvalue weighted by Gasteiger charge is -2.11. The third-order valence-electron chi connectivity index (χ3n) is 2.93. The van der Waals surface area contributed by atoms with Crippen LogP contribution in [-0.2, 0) is 5.41 Å². The summed E-state index contributed by atoms with van der Waals surface area (Å²) in [6.45, 7) is 0.630. The SMILES string of the molecule is Cl.NCC1(c2ccc([N+](=O)[O-])cc2)CC1. The quantitative estimate of drug-likeness (QED) is 0.636. The molecule has 0 unspecified atom stereocenters. The van der Waals surface area contributed by atoms with Crippen molar-refractivity contribution in [3.05, 3.63) is 39.9 Å². The number of rotatable bonds is 3. The number of benzene rings is 1. The van der Waals surface area contributed by atoms with Crippen LogP contribution in [0, 0.1) is 10.1 Å². The first kappa shape index (κ1) is 11.9. The van der Waals surface area contributed by atoms with E-state index >= 15 is 0 Å². The van der Waals surface area contributed by atoms with Crippen LogP contribution in [0.15, 0.2) is 24.3 Å². The van der Waals surface area contributed by atoms with E-state index in [-0.39, 0.29) is 28.4 Å². The van der Waals surface area contributed by atoms with E-state index in [4.69, 9.17) is 5.73 Å². The van der Waals surface area contributed by atoms with Gasteiger partial charge in [-0.15, -0.1) is 12.4 Å². The van der Waals surface area contributed by atoms with Crippen molar-refractivity contribution >= 4 is 18.1 Å². The Bertz CT molecular complexity index is 360.